The number of likely N-dealkylation sites (tertiary alicyclic amines) is 1. The molecule has 0 bridgehead atoms. The van der Waals surface area contributed by atoms with Crippen LogP contribution >= 0.6 is 11.6 Å². The van der Waals surface area contributed by atoms with Crippen molar-refractivity contribution in [2.45, 2.75) is 19.3 Å². The quantitative estimate of drug-likeness (QED) is 0.799. The minimum atomic E-state index is 0.0965. The lowest BCUT2D eigenvalue weighted by Crippen LogP contribution is -2.34. The Morgan fingerprint density at radius 3 is 2.78 bits per heavy atom. The highest BCUT2D eigenvalue weighted by molar-refractivity contribution is 6.30. The number of rotatable bonds is 4. The van der Waals surface area contributed by atoms with Crippen molar-refractivity contribution in [3.8, 4) is 0 Å². The van der Waals surface area contributed by atoms with E-state index in [4.69, 9.17) is 11.6 Å². The molecule has 1 fully saturated rings. The predicted octanol–water partition coefficient (Wildman–Crippen LogP) is 3.85. The van der Waals surface area contributed by atoms with Crippen molar-refractivity contribution in [1.29, 1.82) is 0 Å². The summed E-state index contributed by atoms with van der Waals surface area (Å²) in [6.07, 6.45) is 4.23. The first kappa shape index (κ1) is 16.2. The second-order valence-corrected chi connectivity index (χ2v) is 6.70. The molecule has 0 unspecified atom stereocenters. The fourth-order valence-electron chi connectivity index (χ4n) is 3.13. The maximum atomic E-state index is 12.9. The number of halogens is 1. The van der Waals surface area contributed by atoms with E-state index in [2.05, 4.69) is 16.9 Å². The monoisotopic (exact) mass is 328 g/mol. The number of nitrogens with zero attached hydrogens (tertiary/aromatic N) is 2. The van der Waals surface area contributed by atoms with Gasteiger partial charge in [-0.3, -0.25) is 9.78 Å². The molecule has 0 radical (unpaired) electrons. The van der Waals surface area contributed by atoms with E-state index in [9.17, 15) is 4.79 Å². The highest BCUT2D eigenvalue weighted by Crippen LogP contribution is 2.23. The molecule has 0 atom stereocenters. The van der Waals surface area contributed by atoms with Crippen LogP contribution in [-0.4, -0.2) is 35.8 Å². The Bertz CT molecular complexity index is 693. The lowest BCUT2D eigenvalue weighted by Gasteiger charge is -2.28. The Labute approximate surface area is 142 Å². The summed E-state index contributed by atoms with van der Waals surface area (Å²) >= 11 is 6.06. The molecule has 3 nitrogen and oxygen atoms in total. The first-order valence-corrected chi connectivity index (χ1v) is 8.42. The number of aromatic nitrogens is 1. The summed E-state index contributed by atoms with van der Waals surface area (Å²) in [4.78, 5) is 19.5. The van der Waals surface area contributed by atoms with E-state index in [1.54, 1.807) is 6.20 Å². The van der Waals surface area contributed by atoms with E-state index in [1.165, 1.54) is 0 Å². The van der Waals surface area contributed by atoms with Gasteiger partial charge in [-0.05, 0) is 68.7 Å². The van der Waals surface area contributed by atoms with Gasteiger partial charge in [0.1, 0.15) is 5.69 Å². The normalized spacial score (nSPS) is 16.4. The van der Waals surface area contributed by atoms with Gasteiger partial charge < -0.3 is 4.90 Å². The first-order valence-electron chi connectivity index (χ1n) is 8.04. The molecule has 0 saturated carbocycles. The molecule has 1 aromatic heterocycles. The summed E-state index contributed by atoms with van der Waals surface area (Å²) in [5, 5.41) is 0.717. The van der Waals surface area contributed by atoms with Crippen molar-refractivity contribution in [1.82, 2.24) is 9.88 Å². The summed E-state index contributed by atoms with van der Waals surface area (Å²) in [6.45, 7) is 1.96. The van der Waals surface area contributed by atoms with Crippen molar-refractivity contribution >= 4 is 17.4 Å². The molecule has 0 N–H and O–H groups in total. The predicted molar refractivity (Wildman–Crippen MR) is 93.0 cm³/mol. The maximum absolute atomic E-state index is 12.9. The smallest absolute Gasteiger partial charge is 0.184 e. The van der Waals surface area contributed by atoms with Crippen molar-refractivity contribution in [3.05, 3.63) is 64.4 Å². The zero-order valence-corrected chi connectivity index (χ0v) is 14.1. The topological polar surface area (TPSA) is 33.2 Å². The fraction of sp³-hybridized carbons (Fsp3) is 0.368. The van der Waals surface area contributed by atoms with Crippen LogP contribution in [0, 0.1) is 5.92 Å². The second kappa shape index (κ2) is 7.24. The lowest BCUT2D eigenvalue weighted by molar-refractivity contribution is 0.0850. The van der Waals surface area contributed by atoms with Gasteiger partial charge in [0.05, 0.1) is 0 Å². The third kappa shape index (κ3) is 3.98. The molecule has 120 valence electrons. The van der Waals surface area contributed by atoms with E-state index in [0.717, 1.165) is 42.1 Å². The van der Waals surface area contributed by atoms with Crippen molar-refractivity contribution in [3.63, 3.8) is 0 Å². The van der Waals surface area contributed by atoms with Crippen LogP contribution in [0.3, 0.4) is 0 Å². The average molecular weight is 329 g/mol. The zero-order chi connectivity index (χ0) is 16.2. The van der Waals surface area contributed by atoms with Crippen LogP contribution in [0.2, 0.25) is 5.02 Å². The standard InChI is InChI=1S/C19H21ClN2O/c1-22-10-7-15(8-11-22)19(23)18-16(5-3-9-21-18)12-14-4-2-6-17(20)13-14/h2-6,9,13,15H,7-8,10-12H2,1H3. The van der Waals surface area contributed by atoms with Crippen LogP contribution in [-0.2, 0) is 6.42 Å². The maximum Gasteiger partial charge on any atom is 0.184 e. The van der Waals surface area contributed by atoms with Crippen molar-refractivity contribution < 1.29 is 4.79 Å². The number of hydrogen-bond donors (Lipinski definition) is 0. The second-order valence-electron chi connectivity index (χ2n) is 6.26. The molecule has 0 spiro atoms. The molecule has 2 aromatic rings. The number of Topliss-reactive ketones (excluding diaryl/α,β-unsaturated/α-hetero) is 1. The summed E-state index contributed by atoms with van der Waals surface area (Å²) in [6, 6.07) is 11.7. The van der Waals surface area contributed by atoms with E-state index >= 15 is 0 Å². The SMILES string of the molecule is CN1CCC(C(=O)c2ncccc2Cc2cccc(Cl)c2)CC1. The van der Waals surface area contributed by atoms with E-state index in [0.29, 0.717) is 12.1 Å². The number of piperidine rings is 1. The van der Waals surface area contributed by atoms with E-state index in [1.807, 2.05) is 36.4 Å². The van der Waals surface area contributed by atoms with Crippen LogP contribution in [0.15, 0.2) is 42.6 Å². The van der Waals surface area contributed by atoms with Crippen molar-refractivity contribution in [2.75, 3.05) is 20.1 Å². The van der Waals surface area contributed by atoms with Gasteiger partial charge in [-0.25, -0.2) is 0 Å². The van der Waals surface area contributed by atoms with Gasteiger partial charge >= 0.3 is 0 Å². The van der Waals surface area contributed by atoms with E-state index in [-0.39, 0.29) is 11.7 Å². The number of hydrogen-bond acceptors (Lipinski definition) is 3. The van der Waals surface area contributed by atoms with Gasteiger partial charge in [0.25, 0.3) is 0 Å². The molecule has 1 saturated heterocycles. The lowest BCUT2D eigenvalue weighted by atomic mass is 9.88. The Hall–Kier alpha value is -1.71. The minimum Gasteiger partial charge on any atom is -0.306 e. The summed E-state index contributed by atoms with van der Waals surface area (Å²) in [5.41, 5.74) is 2.71. The minimum absolute atomic E-state index is 0.0965. The molecule has 1 aromatic carbocycles. The number of carbonyl (C=O) groups is 1. The van der Waals surface area contributed by atoms with Gasteiger partial charge in [-0.2, -0.15) is 0 Å². The van der Waals surface area contributed by atoms with Crippen molar-refractivity contribution in [2.24, 2.45) is 5.92 Å². The van der Waals surface area contributed by atoms with Crippen LogP contribution < -0.4 is 0 Å². The number of benzene rings is 1. The Morgan fingerprint density at radius 1 is 1.26 bits per heavy atom. The van der Waals surface area contributed by atoms with Crippen LogP contribution in [0.25, 0.3) is 0 Å². The first-order chi connectivity index (χ1) is 11.1. The Balaban J connectivity index is 1.81. The summed E-state index contributed by atoms with van der Waals surface area (Å²) < 4.78 is 0. The van der Waals surface area contributed by atoms with E-state index < -0.39 is 0 Å². The molecule has 23 heavy (non-hydrogen) atoms. The van der Waals surface area contributed by atoms with Gasteiger partial charge in [-0.15, -0.1) is 0 Å². The number of ketones is 1. The molecule has 3 rings (SSSR count). The Kier molecular flexibility index (Phi) is 5.09. The molecule has 1 aliphatic heterocycles. The molecule has 4 heteroatoms. The number of pyridine rings is 1. The van der Waals surface area contributed by atoms with Crippen LogP contribution in [0.4, 0.5) is 0 Å². The third-order valence-corrected chi connectivity index (χ3v) is 4.73. The number of carbonyl (C=O) groups excluding carboxylic acids is 1. The molecular formula is C19H21ClN2O. The highest BCUT2D eigenvalue weighted by atomic mass is 35.5. The van der Waals surface area contributed by atoms with Gasteiger partial charge in [0.2, 0.25) is 0 Å². The third-order valence-electron chi connectivity index (χ3n) is 4.50. The summed E-state index contributed by atoms with van der Waals surface area (Å²) in [5.74, 6) is 0.287. The summed E-state index contributed by atoms with van der Waals surface area (Å²) in [7, 11) is 2.10. The fourth-order valence-corrected chi connectivity index (χ4v) is 3.35. The molecular weight excluding hydrogens is 308 g/mol. The van der Waals surface area contributed by atoms with Gasteiger partial charge in [0, 0.05) is 17.1 Å². The molecule has 1 aliphatic rings. The molecule has 0 aliphatic carbocycles. The van der Waals surface area contributed by atoms with Crippen LogP contribution in [0.5, 0.6) is 0 Å². The largest absolute Gasteiger partial charge is 0.306 e. The highest BCUT2D eigenvalue weighted by Gasteiger charge is 2.26. The molecule has 2 heterocycles. The van der Waals surface area contributed by atoms with Gasteiger partial charge in [-0.1, -0.05) is 29.8 Å². The molecule has 0 amide bonds. The van der Waals surface area contributed by atoms with Crippen LogP contribution in [0.1, 0.15) is 34.5 Å². The Morgan fingerprint density at radius 2 is 2.04 bits per heavy atom. The van der Waals surface area contributed by atoms with Gasteiger partial charge in [0.15, 0.2) is 5.78 Å². The average Bonchev–Trinajstić information content (AvgIpc) is 2.55. The zero-order valence-electron chi connectivity index (χ0n) is 13.3.